The van der Waals surface area contributed by atoms with E-state index in [1.54, 1.807) is 0 Å². The van der Waals surface area contributed by atoms with E-state index < -0.39 is 23.2 Å². The monoisotopic (exact) mass is 371 g/mol. The van der Waals surface area contributed by atoms with Crippen molar-refractivity contribution in [3.8, 4) is 11.3 Å². The molecule has 1 aromatic heterocycles. The quantitative estimate of drug-likeness (QED) is 0.823. The molecule has 0 atom stereocenters. The van der Waals surface area contributed by atoms with Gasteiger partial charge in [0.2, 0.25) is 5.91 Å². The van der Waals surface area contributed by atoms with E-state index >= 15 is 0 Å². The highest BCUT2D eigenvalue weighted by Crippen LogP contribution is 2.41. The van der Waals surface area contributed by atoms with Crippen LogP contribution in [0.5, 0.6) is 0 Å². The summed E-state index contributed by atoms with van der Waals surface area (Å²) in [5.41, 5.74) is -1.43. The number of nitrogens with zero attached hydrogens (tertiary/aromatic N) is 2. The van der Waals surface area contributed by atoms with E-state index in [2.05, 4.69) is 10.2 Å². The van der Waals surface area contributed by atoms with Gasteiger partial charge >= 0.3 is 6.18 Å². The van der Waals surface area contributed by atoms with Crippen LogP contribution in [-0.4, -0.2) is 26.2 Å². The van der Waals surface area contributed by atoms with Crippen molar-refractivity contribution in [3.05, 3.63) is 46.2 Å². The number of hydrogen-bond donors (Lipinski definition) is 1. The Balaban J connectivity index is 2.14. The van der Waals surface area contributed by atoms with E-state index in [0.717, 1.165) is 22.7 Å². The zero-order valence-electron chi connectivity index (χ0n) is 11.8. The molecule has 124 valence electrons. The van der Waals surface area contributed by atoms with Crippen LogP contribution >= 0.6 is 24.0 Å². The molecule has 3 rings (SSSR count). The fourth-order valence-corrected chi connectivity index (χ4v) is 3.29. The first-order chi connectivity index (χ1) is 11.3. The van der Waals surface area contributed by atoms with Crippen molar-refractivity contribution in [3.63, 3.8) is 0 Å². The Morgan fingerprint density at radius 1 is 1.21 bits per heavy atom. The second-order valence-corrected chi connectivity index (χ2v) is 6.43. The van der Waals surface area contributed by atoms with Crippen LogP contribution in [0.25, 0.3) is 11.3 Å². The van der Waals surface area contributed by atoms with Crippen molar-refractivity contribution in [2.75, 3.05) is 10.7 Å². The summed E-state index contributed by atoms with van der Waals surface area (Å²) in [5.74, 6) is -0.482. The Labute approximate surface area is 142 Å². The Hall–Kier alpha value is -2.20. The van der Waals surface area contributed by atoms with Crippen molar-refractivity contribution >= 4 is 39.9 Å². The summed E-state index contributed by atoms with van der Waals surface area (Å²) in [5, 5.41) is 5.88. The summed E-state index contributed by atoms with van der Waals surface area (Å²) in [4.78, 5) is 23.8. The van der Waals surface area contributed by atoms with Crippen LogP contribution in [-0.2, 0) is 11.0 Å². The van der Waals surface area contributed by atoms with E-state index in [4.69, 9.17) is 12.2 Å². The lowest BCUT2D eigenvalue weighted by Crippen LogP contribution is -2.30. The molecule has 1 aromatic carbocycles. The van der Waals surface area contributed by atoms with E-state index in [9.17, 15) is 22.8 Å². The molecular weight excluding hydrogens is 363 g/mol. The van der Waals surface area contributed by atoms with Crippen LogP contribution in [0.1, 0.15) is 5.56 Å². The molecule has 2 aromatic rings. The highest BCUT2D eigenvalue weighted by Gasteiger charge is 2.39. The van der Waals surface area contributed by atoms with Gasteiger partial charge in [-0.05, 0) is 18.2 Å². The van der Waals surface area contributed by atoms with Gasteiger partial charge in [-0.15, -0.1) is 0 Å². The van der Waals surface area contributed by atoms with Crippen molar-refractivity contribution < 1.29 is 18.0 Å². The number of benzene rings is 1. The molecular formula is C14H8F3N3O2S2. The van der Waals surface area contributed by atoms with Crippen LogP contribution in [0.15, 0.2) is 35.1 Å². The molecule has 1 fully saturated rings. The SMILES string of the molecule is O=C1CSC(=S)N1c1ccc(-c2ccc(=O)[nH]n2)cc1C(F)(F)F. The third-order valence-electron chi connectivity index (χ3n) is 3.27. The predicted octanol–water partition coefficient (Wildman–Crippen LogP) is 2.82. The van der Waals surface area contributed by atoms with Crippen molar-refractivity contribution in [2.24, 2.45) is 0 Å². The number of hydrogen-bond acceptors (Lipinski definition) is 5. The number of amides is 1. The molecule has 5 nitrogen and oxygen atoms in total. The number of rotatable bonds is 2. The number of nitrogens with one attached hydrogen (secondary N) is 1. The summed E-state index contributed by atoms with van der Waals surface area (Å²) in [6, 6.07) is 5.94. The number of carbonyl (C=O) groups is 1. The number of aromatic nitrogens is 2. The van der Waals surface area contributed by atoms with Crippen molar-refractivity contribution in [1.29, 1.82) is 0 Å². The number of carbonyl (C=O) groups excluding carboxylic acids is 1. The molecule has 10 heteroatoms. The van der Waals surface area contributed by atoms with Gasteiger partial charge < -0.3 is 0 Å². The van der Waals surface area contributed by atoms with Gasteiger partial charge in [-0.1, -0.05) is 30.0 Å². The highest BCUT2D eigenvalue weighted by atomic mass is 32.2. The maximum Gasteiger partial charge on any atom is 0.418 e. The summed E-state index contributed by atoms with van der Waals surface area (Å²) >= 11 is 5.99. The smallest absolute Gasteiger partial charge is 0.273 e. The van der Waals surface area contributed by atoms with E-state index in [1.807, 2.05) is 0 Å². The second-order valence-electron chi connectivity index (χ2n) is 4.82. The van der Waals surface area contributed by atoms with Gasteiger partial charge in [0.15, 0.2) is 0 Å². The molecule has 1 aliphatic heterocycles. The number of thioether (sulfide) groups is 1. The predicted molar refractivity (Wildman–Crippen MR) is 87.8 cm³/mol. The standard InChI is InChI=1S/C14H8F3N3O2S2/c15-14(16,17)8-5-7(9-2-4-11(21)19-18-9)1-3-10(8)20-12(22)6-24-13(20)23/h1-5H,6H2,(H,19,21). The highest BCUT2D eigenvalue weighted by molar-refractivity contribution is 8.24. The summed E-state index contributed by atoms with van der Waals surface area (Å²) in [6.07, 6.45) is -4.68. The van der Waals surface area contributed by atoms with Gasteiger partial charge in [0, 0.05) is 11.6 Å². The average Bonchev–Trinajstić information content (AvgIpc) is 2.86. The molecule has 1 amide bonds. The second kappa shape index (κ2) is 6.02. The Kier molecular flexibility index (Phi) is 4.18. The third-order valence-corrected chi connectivity index (χ3v) is 4.63. The molecule has 0 saturated carbocycles. The first kappa shape index (κ1) is 16.7. The number of anilines is 1. The first-order valence-electron chi connectivity index (χ1n) is 6.54. The number of aromatic amines is 1. The minimum Gasteiger partial charge on any atom is -0.273 e. The third kappa shape index (κ3) is 3.06. The Bertz CT molecular complexity index is 859. The fraction of sp³-hybridized carbons (Fsp3) is 0.143. The molecule has 0 unspecified atom stereocenters. The zero-order chi connectivity index (χ0) is 17.5. The van der Waals surface area contributed by atoms with Gasteiger partial charge in [-0.25, -0.2) is 5.10 Å². The maximum atomic E-state index is 13.4. The lowest BCUT2D eigenvalue weighted by molar-refractivity contribution is -0.137. The molecule has 1 saturated heterocycles. The number of alkyl halides is 3. The van der Waals surface area contributed by atoms with Gasteiger partial charge in [-0.3, -0.25) is 14.5 Å². The van der Waals surface area contributed by atoms with Crippen molar-refractivity contribution in [2.45, 2.75) is 6.18 Å². The molecule has 24 heavy (non-hydrogen) atoms. The van der Waals surface area contributed by atoms with Gasteiger partial charge in [0.05, 0.1) is 22.7 Å². The minimum absolute atomic E-state index is 0.0133. The number of H-pyrrole nitrogens is 1. The molecule has 0 aliphatic carbocycles. The summed E-state index contributed by atoms with van der Waals surface area (Å²) in [6.45, 7) is 0. The molecule has 0 bridgehead atoms. The Morgan fingerprint density at radius 3 is 2.50 bits per heavy atom. The largest absolute Gasteiger partial charge is 0.418 e. The van der Waals surface area contributed by atoms with E-state index in [1.165, 1.54) is 24.3 Å². The molecule has 1 aliphatic rings. The summed E-state index contributed by atoms with van der Waals surface area (Å²) in [7, 11) is 0. The lowest BCUT2D eigenvalue weighted by atomic mass is 10.0. The average molecular weight is 371 g/mol. The van der Waals surface area contributed by atoms with Crippen molar-refractivity contribution in [1.82, 2.24) is 10.2 Å². The fourth-order valence-electron chi connectivity index (χ4n) is 2.21. The van der Waals surface area contributed by atoms with E-state index in [0.29, 0.717) is 0 Å². The van der Waals surface area contributed by atoms with Gasteiger partial charge in [0.25, 0.3) is 5.56 Å². The lowest BCUT2D eigenvalue weighted by Gasteiger charge is -2.21. The van der Waals surface area contributed by atoms with Crippen LogP contribution in [0, 0.1) is 0 Å². The normalized spacial score (nSPS) is 15.2. The maximum absolute atomic E-state index is 13.4. The van der Waals surface area contributed by atoms with Crippen LogP contribution in [0.3, 0.4) is 0 Å². The molecule has 0 spiro atoms. The molecule has 0 radical (unpaired) electrons. The van der Waals surface area contributed by atoms with Gasteiger partial charge in [-0.2, -0.15) is 18.3 Å². The Morgan fingerprint density at radius 2 is 1.96 bits per heavy atom. The number of thiocarbonyl (C=S) groups is 1. The topological polar surface area (TPSA) is 66.1 Å². The van der Waals surface area contributed by atoms with Crippen LogP contribution in [0.4, 0.5) is 18.9 Å². The number of halogens is 3. The van der Waals surface area contributed by atoms with Gasteiger partial charge in [0.1, 0.15) is 4.32 Å². The minimum atomic E-state index is -4.68. The summed E-state index contributed by atoms with van der Waals surface area (Å²) < 4.78 is 40.4. The first-order valence-corrected chi connectivity index (χ1v) is 7.94. The van der Waals surface area contributed by atoms with Crippen LogP contribution < -0.4 is 10.5 Å². The molecule has 1 N–H and O–H groups in total. The van der Waals surface area contributed by atoms with E-state index in [-0.39, 0.29) is 27.0 Å². The molecule has 2 heterocycles. The van der Waals surface area contributed by atoms with Crippen LogP contribution in [0.2, 0.25) is 0 Å². The zero-order valence-corrected chi connectivity index (χ0v) is 13.4.